The zero-order chi connectivity index (χ0) is 15.5. The number of benzene rings is 1. The average Bonchev–Trinajstić information content (AvgIpc) is 2.51. The third kappa shape index (κ3) is 7.14. The summed E-state index contributed by atoms with van der Waals surface area (Å²) >= 11 is 0. The fourth-order valence-electron chi connectivity index (χ4n) is 2.37. The number of hydrogen-bond acceptors (Lipinski definition) is 3. The third-order valence-corrected chi connectivity index (χ3v) is 3.60. The molecule has 0 heterocycles. The Labute approximate surface area is 127 Å². The van der Waals surface area contributed by atoms with Gasteiger partial charge in [-0.1, -0.05) is 25.5 Å². The summed E-state index contributed by atoms with van der Waals surface area (Å²) in [6, 6.07) is 7.79. The SMILES string of the molecule is CCCC(CCO)CNC(=O)CCc1cccc(OC)c1. The Balaban J connectivity index is 2.32. The van der Waals surface area contributed by atoms with Crippen LogP contribution in [0.4, 0.5) is 0 Å². The van der Waals surface area contributed by atoms with Gasteiger partial charge in [0.05, 0.1) is 7.11 Å². The van der Waals surface area contributed by atoms with Crippen LogP contribution in [0.1, 0.15) is 38.2 Å². The second-order valence-electron chi connectivity index (χ2n) is 5.32. The molecular formula is C17H27NO3. The Morgan fingerprint density at radius 2 is 2.19 bits per heavy atom. The van der Waals surface area contributed by atoms with E-state index in [0.717, 1.165) is 30.6 Å². The first-order valence-corrected chi connectivity index (χ1v) is 7.70. The topological polar surface area (TPSA) is 58.6 Å². The van der Waals surface area contributed by atoms with Crippen molar-refractivity contribution < 1.29 is 14.6 Å². The first-order valence-electron chi connectivity index (χ1n) is 7.70. The van der Waals surface area contributed by atoms with Crippen molar-refractivity contribution in [1.82, 2.24) is 5.32 Å². The maximum absolute atomic E-state index is 11.9. The van der Waals surface area contributed by atoms with Gasteiger partial charge in [-0.05, 0) is 42.9 Å². The van der Waals surface area contributed by atoms with Crippen LogP contribution in [0.15, 0.2) is 24.3 Å². The van der Waals surface area contributed by atoms with Crippen molar-refractivity contribution >= 4 is 5.91 Å². The van der Waals surface area contributed by atoms with Gasteiger partial charge in [-0.3, -0.25) is 4.79 Å². The number of amides is 1. The van der Waals surface area contributed by atoms with E-state index < -0.39 is 0 Å². The summed E-state index contributed by atoms with van der Waals surface area (Å²) < 4.78 is 5.17. The molecule has 0 fully saturated rings. The summed E-state index contributed by atoms with van der Waals surface area (Å²) in [5, 5.41) is 12.0. The van der Waals surface area contributed by atoms with Crippen LogP contribution in [-0.2, 0) is 11.2 Å². The molecule has 1 rings (SSSR count). The van der Waals surface area contributed by atoms with E-state index in [1.165, 1.54) is 0 Å². The second kappa shape index (κ2) is 10.2. The van der Waals surface area contributed by atoms with E-state index in [0.29, 0.717) is 25.3 Å². The molecule has 1 amide bonds. The van der Waals surface area contributed by atoms with Crippen LogP contribution >= 0.6 is 0 Å². The number of nitrogens with one attached hydrogen (secondary N) is 1. The Morgan fingerprint density at radius 1 is 1.38 bits per heavy atom. The first-order chi connectivity index (χ1) is 10.2. The smallest absolute Gasteiger partial charge is 0.220 e. The van der Waals surface area contributed by atoms with Gasteiger partial charge < -0.3 is 15.2 Å². The molecule has 4 nitrogen and oxygen atoms in total. The summed E-state index contributed by atoms with van der Waals surface area (Å²) in [4.78, 5) is 11.9. The number of hydrogen-bond donors (Lipinski definition) is 2. The van der Waals surface area contributed by atoms with Crippen molar-refractivity contribution in [2.45, 2.75) is 39.0 Å². The summed E-state index contributed by atoms with van der Waals surface area (Å²) in [6.07, 6.45) is 4.05. The zero-order valence-corrected chi connectivity index (χ0v) is 13.1. The van der Waals surface area contributed by atoms with E-state index in [2.05, 4.69) is 12.2 Å². The summed E-state index contributed by atoms with van der Waals surface area (Å²) in [7, 11) is 1.64. The predicted octanol–water partition coefficient (Wildman–Crippen LogP) is 2.54. The Kier molecular flexibility index (Phi) is 8.51. The lowest BCUT2D eigenvalue weighted by atomic mass is 10.00. The highest BCUT2D eigenvalue weighted by Crippen LogP contribution is 2.14. The molecule has 21 heavy (non-hydrogen) atoms. The maximum Gasteiger partial charge on any atom is 0.220 e. The minimum atomic E-state index is 0.0665. The monoisotopic (exact) mass is 293 g/mol. The van der Waals surface area contributed by atoms with E-state index in [-0.39, 0.29) is 12.5 Å². The van der Waals surface area contributed by atoms with E-state index in [1.807, 2.05) is 24.3 Å². The summed E-state index contributed by atoms with van der Waals surface area (Å²) in [5.74, 6) is 1.26. The number of rotatable bonds is 10. The van der Waals surface area contributed by atoms with Crippen molar-refractivity contribution in [2.24, 2.45) is 5.92 Å². The molecule has 1 aromatic carbocycles. The molecule has 0 saturated heterocycles. The minimum Gasteiger partial charge on any atom is -0.497 e. The number of methoxy groups -OCH3 is 1. The van der Waals surface area contributed by atoms with Gasteiger partial charge in [0.2, 0.25) is 5.91 Å². The Morgan fingerprint density at radius 3 is 2.86 bits per heavy atom. The van der Waals surface area contributed by atoms with Crippen LogP contribution in [0.5, 0.6) is 5.75 Å². The minimum absolute atomic E-state index is 0.0665. The van der Waals surface area contributed by atoms with Crippen LogP contribution in [0, 0.1) is 5.92 Å². The number of aliphatic hydroxyl groups excluding tert-OH is 1. The van der Waals surface area contributed by atoms with E-state index in [9.17, 15) is 4.79 Å². The van der Waals surface area contributed by atoms with Gasteiger partial charge in [0.1, 0.15) is 5.75 Å². The van der Waals surface area contributed by atoms with Crippen LogP contribution in [0.25, 0.3) is 0 Å². The Bertz CT molecular complexity index is 414. The zero-order valence-electron chi connectivity index (χ0n) is 13.1. The van der Waals surface area contributed by atoms with Crippen molar-refractivity contribution in [2.75, 3.05) is 20.3 Å². The number of aliphatic hydroxyl groups is 1. The van der Waals surface area contributed by atoms with Gasteiger partial charge in [-0.15, -0.1) is 0 Å². The van der Waals surface area contributed by atoms with Gasteiger partial charge in [0.25, 0.3) is 0 Å². The maximum atomic E-state index is 11.9. The average molecular weight is 293 g/mol. The normalized spacial score (nSPS) is 12.0. The fraction of sp³-hybridized carbons (Fsp3) is 0.588. The lowest BCUT2D eigenvalue weighted by Gasteiger charge is -2.15. The highest BCUT2D eigenvalue weighted by Gasteiger charge is 2.09. The molecule has 2 N–H and O–H groups in total. The molecule has 0 aliphatic rings. The molecule has 0 aromatic heterocycles. The third-order valence-electron chi connectivity index (χ3n) is 3.60. The van der Waals surface area contributed by atoms with Crippen molar-refractivity contribution in [3.05, 3.63) is 29.8 Å². The first kappa shape index (κ1) is 17.5. The quantitative estimate of drug-likeness (QED) is 0.697. The fourth-order valence-corrected chi connectivity index (χ4v) is 2.37. The summed E-state index contributed by atoms with van der Waals surface area (Å²) in [5.41, 5.74) is 1.10. The molecule has 0 aliphatic carbocycles. The molecule has 1 aromatic rings. The molecule has 4 heteroatoms. The van der Waals surface area contributed by atoms with Gasteiger partial charge in [0, 0.05) is 19.6 Å². The molecule has 1 atom stereocenters. The number of carbonyl (C=O) groups excluding carboxylic acids is 1. The van der Waals surface area contributed by atoms with Crippen LogP contribution < -0.4 is 10.1 Å². The molecule has 0 bridgehead atoms. The molecule has 118 valence electrons. The predicted molar refractivity (Wildman–Crippen MR) is 84.4 cm³/mol. The molecule has 0 aliphatic heterocycles. The second-order valence-corrected chi connectivity index (χ2v) is 5.32. The van der Waals surface area contributed by atoms with Gasteiger partial charge in [-0.25, -0.2) is 0 Å². The van der Waals surface area contributed by atoms with Gasteiger partial charge in [-0.2, -0.15) is 0 Å². The van der Waals surface area contributed by atoms with Crippen LogP contribution in [0.2, 0.25) is 0 Å². The molecule has 1 unspecified atom stereocenters. The van der Waals surface area contributed by atoms with Crippen molar-refractivity contribution in [3.63, 3.8) is 0 Å². The highest BCUT2D eigenvalue weighted by atomic mass is 16.5. The van der Waals surface area contributed by atoms with Crippen LogP contribution in [-0.4, -0.2) is 31.3 Å². The molecule has 0 spiro atoms. The standard InChI is InChI=1S/C17H27NO3/c1-3-5-15(10-11-19)13-18-17(20)9-8-14-6-4-7-16(12-14)21-2/h4,6-7,12,15,19H,3,5,8-11,13H2,1-2H3,(H,18,20). The lowest BCUT2D eigenvalue weighted by molar-refractivity contribution is -0.121. The largest absolute Gasteiger partial charge is 0.497 e. The number of aryl methyl sites for hydroxylation is 1. The van der Waals surface area contributed by atoms with Crippen molar-refractivity contribution in [3.8, 4) is 5.75 Å². The van der Waals surface area contributed by atoms with E-state index in [4.69, 9.17) is 9.84 Å². The van der Waals surface area contributed by atoms with Gasteiger partial charge >= 0.3 is 0 Å². The number of ether oxygens (including phenoxy) is 1. The lowest BCUT2D eigenvalue weighted by Crippen LogP contribution is -2.29. The van der Waals surface area contributed by atoms with Crippen molar-refractivity contribution in [1.29, 1.82) is 0 Å². The number of carbonyl (C=O) groups is 1. The van der Waals surface area contributed by atoms with Crippen LogP contribution in [0.3, 0.4) is 0 Å². The van der Waals surface area contributed by atoms with E-state index >= 15 is 0 Å². The highest BCUT2D eigenvalue weighted by molar-refractivity contribution is 5.76. The molecule has 0 radical (unpaired) electrons. The summed E-state index contributed by atoms with van der Waals surface area (Å²) in [6.45, 7) is 2.96. The molecule has 0 saturated carbocycles. The molecular weight excluding hydrogens is 266 g/mol. The van der Waals surface area contributed by atoms with Gasteiger partial charge in [0.15, 0.2) is 0 Å². The Hall–Kier alpha value is -1.55. The van der Waals surface area contributed by atoms with E-state index in [1.54, 1.807) is 7.11 Å².